The quantitative estimate of drug-likeness (QED) is 0.687. The Morgan fingerprint density at radius 1 is 0.875 bits per heavy atom. The highest BCUT2D eigenvalue weighted by Gasteiger charge is 2.22. The number of benzene rings is 2. The van der Waals surface area contributed by atoms with Gasteiger partial charge in [-0.1, -0.05) is 83.1 Å². The van der Waals surface area contributed by atoms with Crippen molar-refractivity contribution < 1.29 is 4.79 Å². The van der Waals surface area contributed by atoms with Crippen LogP contribution < -0.4 is 5.32 Å². The Morgan fingerprint density at radius 3 is 1.88 bits per heavy atom. The minimum absolute atomic E-state index is 0.0821. The van der Waals surface area contributed by atoms with Crippen molar-refractivity contribution in [1.82, 2.24) is 0 Å². The Kier molecular flexibility index (Phi) is 6.19. The summed E-state index contributed by atoms with van der Waals surface area (Å²) in [5.74, 6) is 0.705. The summed E-state index contributed by atoms with van der Waals surface area (Å²) in [6.45, 7) is 10.7. The second kappa shape index (κ2) is 8.14. The molecule has 0 spiro atoms. The molecule has 0 aliphatic rings. The van der Waals surface area contributed by atoms with Crippen molar-refractivity contribution in [2.75, 3.05) is 5.32 Å². The molecule has 2 aromatic rings. The van der Waals surface area contributed by atoms with Crippen molar-refractivity contribution >= 4 is 11.6 Å². The minimum atomic E-state index is -0.119. The van der Waals surface area contributed by atoms with Gasteiger partial charge in [0.15, 0.2) is 0 Å². The van der Waals surface area contributed by atoms with E-state index in [0.29, 0.717) is 11.8 Å². The first-order valence-electron chi connectivity index (χ1n) is 8.94. The number of rotatable bonds is 6. The molecule has 128 valence electrons. The topological polar surface area (TPSA) is 29.1 Å². The second-order valence-electron chi connectivity index (χ2n) is 6.98. The summed E-state index contributed by atoms with van der Waals surface area (Å²) in [6.07, 6.45) is 0.788. The number of anilines is 1. The third-order valence-corrected chi connectivity index (χ3v) is 4.55. The van der Waals surface area contributed by atoms with E-state index in [1.165, 1.54) is 11.1 Å². The number of carbonyl (C=O) groups is 1. The molecule has 0 saturated heterocycles. The lowest BCUT2D eigenvalue weighted by molar-refractivity contribution is -0.117. The van der Waals surface area contributed by atoms with Crippen molar-refractivity contribution in [3.05, 3.63) is 65.2 Å². The molecule has 0 aromatic heterocycles. The molecule has 24 heavy (non-hydrogen) atoms. The number of carbonyl (C=O) groups excluding carboxylic acids is 1. The third kappa shape index (κ3) is 4.05. The van der Waals surface area contributed by atoms with E-state index in [0.717, 1.165) is 17.7 Å². The Bertz CT molecular complexity index is 647. The molecule has 0 aliphatic heterocycles. The lowest BCUT2D eigenvalue weighted by atomic mass is 9.91. The molecule has 1 atom stereocenters. The van der Waals surface area contributed by atoms with Crippen LogP contribution in [0.1, 0.15) is 75.5 Å². The first-order valence-corrected chi connectivity index (χ1v) is 8.94. The Hall–Kier alpha value is -2.09. The van der Waals surface area contributed by atoms with Crippen molar-refractivity contribution in [3.8, 4) is 0 Å². The van der Waals surface area contributed by atoms with E-state index in [-0.39, 0.29) is 11.8 Å². The Labute approximate surface area is 146 Å². The van der Waals surface area contributed by atoms with Crippen LogP contribution in [0.3, 0.4) is 0 Å². The Balaban J connectivity index is 2.37. The molecular weight excluding hydrogens is 294 g/mol. The molecule has 0 unspecified atom stereocenters. The maximum atomic E-state index is 13.0. The fourth-order valence-electron chi connectivity index (χ4n) is 3.16. The standard InChI is InChI=1S/C22H29NO/c1-6-18(17-11-8-7-9-12-17)22(24)23-21-19(15(2)3)13-10-14-20(21)16(4)5/h7-16,18H,6H2,1-5H3,(H,23,24)/t18-/m0/s1. The lowest BCUT2D eigenvalue weighted by Gasteiger charge is -2.22. The van der Waals surface area contributed by atoms with Gasteiger partial charge in [0.1, 0.15) is 0 Å². The fraction of sp³-hybridized carbons (Fsp3) is 0.409. The van der Waals surface area contributed by atoms with Crippen LogP contribution in [0.25, 0.3) is 0 Å². The lowest BCUT2D eigenvalue weighted by Crippen LogP contribution is -2.22. The molecule has 0 aliphatic carbocycles. The highest BCUT2D eigenvalue weighted by atomic mass is 16.1. The van der Waals surface area contributed by atoms with Gasteiger partial charge in [-0.15, -0.1) is 0 Å². The van der Waals surface area contributed by atoms with Crippen molar-refractivity contribution in [2.45, 2.75) is 58.8 Å². The summed E-state index contributed by atoms with van der Waals surface area (Å²) in [7, 11) is 0. The number of nitrogens with one attached hydrogen (secondary N) is 1. The highest BCUT2D eigenvalue weighted by Crippen LogP contribution is 2.33. The van der Waals surface area contributed by atoms with Gasteiger partial charge in [-0.2, -0.15) is 0 Å². The summed E-state index contributed by atoms with van der Waals surface area (Å²) < 4.78 is 0. The molecule has 0 saturated carbocycles. The van der Waals surface area contributed by atoms with E-state index in [9.17, 15) is 4.79 Å². The predicted octanol–water partition coefficient (Wildman–Crippen LogP) is 6.07. The molecule has 2 rings (SSSR count). The average molecular weight is 323 g/mol. The van der Waals surface area contributed by atoms with Crippen LogP contribution in [0.5, 0.6) is 0 Å². The van der Waals surface area contributed by atoms with Gasteiger partial charge in [0.25, 0.3) is 0 Å². The zero-order chi connectivity index (χ0) is 17.7. The molecule has 0 heterocycles. The first-order chi connectivity index (χ1) is 11.5. The van der Waals surface area contributed by atoms with E-state index in [4.69, 9.17) is 0 Å². The maximum Gasteiger partial charge on any atom is 0.231 e. The predicted molar refractivity (Wildman–Crippen MR) is 103 cm³/mol. The summed E-state index contributed by atoms with van der Waals surface area (Å²) >= 11 is 0. The molecule has 0 bridgehead atoms. The van der Waals surface area contributed by atoms with E-state index >= 15 is 0 Å². The monoisotopic (exact) mass is 323 g/mol. The minimum Gasteiger partial charge on any atom is -0.325 e. The van der Waals surface area contributed by atoms with E-state index < -0.39 is 0 Å². The molecule has 1 amide bonds. The van der Waals surface area contributed by atoms with Crippen molar-refractivity contribution in [1.29, 1.82) is 0 Å². The summed E-state index contributed by atoms with van der Waals surface area (Å²) in [5.41, 5.74) is 4.49. The molecule has 1 N–H and O–H groups in total. The van der Waals surface area contributed by atoms with Crippen molar-refractivity contribution in [3.63, 3.8) is 0 Å². The summed E-state index contributed by atoms with van der Waals surface area (Å²) in [6, 6.07) is 16.4. The van der Waals surface area contributed by atoms with Crippen molar-refractivity contribution in [2.24, 2.45) is 0 Å². The van der Waals surface area contributed by atoms with Crippen LogP contribution in [0, 0.1) is 0 Å². The van der Waals surface area contributed by atoms with Crippen LogP contribution in [-0.2, 0) is 4.79 Å². The molecule has 2 nitrogen and oxygen atoms in total. The van der Waals surface area contributed by atoms with Gasteiger partial charge in [-0.05, 0) is 34.9 Å². The zero-order valence-electron chi connectivity index (χ0n) is 15.5. The first kappa shape index (κ1) is 18.3. The molecule has 2 heteroatoms. The second-order valence-corrected chi connectivity index (χ2v) is 6.98. The highest BCUT2D eigenvalue weighted by molar-refractivity contribution is 5.97. The number of amides is 1. The number of hydrogen-bond donors (Lipinski definition) is 1. The third-order valence-electron chi connectivity index (χ3n) is 4.55. The molecule has 2 aromatic carbocycles. The van der Waals surface area contributed by atoms with Gasteiger partial charge in [0.05, 0.1) is 5.92 Å². The van der Waals surface area contributed by atoms with Crippen LogP contribution in [-0.4, -0.2) is 5.91 Å². The van der Waals surface area contributed by atoms with Crippen LogP contribution in [0.4, 0.5) is 5.69 Å². The SMILES string of the molecule is CC[C@H](C(=O)Nc1c(C(C)C)cccc1C(C)C)c1ccccc1. The van der Waals surface area contributed by atoms with Crippen LogP contribution in [0.15, 0.2) is 48.5 Å². The van der Waals surface area contributed by atoms with Crippen LogP contribution in [0.2, 0.25) is 0 Å². The Morgan fingerprint density at radius 2 is 1.42 bits per heavy atom. The van der Waals surface area contributed by atoms with E-state index in [2.05, 4.69) is 58.1 Å². The number of hydrogen-bond acceptors (Lipinski definition) is 1. The summed E-state index contributed by atoms with van der Waals surface area (Å²) in [4.78, 5) is 13.0. The normalized spacial score (nSPS) is 12.5. The average Bonchev–Trinajstić information content (AvgIpc) is 2.56. The largest absolute Gasteiger partial charge is 0.325 e. The van der Waals surface area contributed by atoms with Gasteiger partial charge >= 0.3 is 0 Å². The van der Waals surface area contributed by atoms with Gasteiger partial charge in [0.2, 0.25) is 5.91 Å². The van der Waals surface area contributed by atoms with Gasteiger partial charge in [0, 0.05) is 5.69 Å². The molecular formula is C22H29NO. The maximum absolute atomic E-state index is 13.0. The van der Waals surface area contributed by atoms with E-state index in [1.807, 2.05) is 30.3 Å². The number of para-hydroxylation sites is 1. The molecule has 0 fully saturated rings. The van der Waals surface area contributed by atoms with Crippen LogP contribution >= 0.6 is 0 Å². The zero-order valence-corrected chi connectivity index (χ0v) is 15.5. The summed E-state index contributed by atoms with van der Waals surface area (Å²) in [5, 5.41) is 3.25. The van der Waals surface area contributed by atoms with E-state index in [1.54, 1.807) is 0 Å². The fourth-order valence-corrected chi connectivity index (χ4v) is 3.16. The van der Waals surface area contributed by atoms with Gasteiger partial charge in [-0.25, -0.2) is 0 Å². The van der Waals surface area contributed by atoms with Gasteiger partial charge in [-0.3, -0.25) is 4.79 Å². The van der Waals surface area contributed by atoms with Gasteiger partial charge < -0.3 is 5.32 Å². The smallest absolute Gasteiger partial charge is 0.231 e. The molecule has 0 radical (unpaired) electrons.